The molecule has 2 rings (SSSR count). The van der Waals surface area contributed by atoms with Gasteiger partial charge in [-0.15, -0.1) is 0 Å². The Morgan fingerprint density at radius 2 is 2.16 bits per heavy atom. The van der Waals surface area contributed by atoms with Crippen LogP contribution in [0.15, 0.2) is 41.0 Å². The second kappa shape index (κ2) is 6.32. The number of aromatic nitrogens is 1. The smallest absolute Gasteiger partial charge is 0.147 e. The lowest BCUT2D eigenvalue weighted by Crippen LogP contribution is -2.02. The topological polar surface area (TPSA) is 66.1 Å². The van der Waals surface area contributed by atoms with E-state index < -0.39 is 0 Å². The van der Waals surface area contributed by atoms with Crippen molar-refractivity contribution in [2.45, 2.75) is 13.2 Å². The van der Waals surface area contributed by atoms with Gasteiger partial charge in [0, 0.05) is 21.8 Å². The number of halogens is 1. The minimum absolute atomic E-state index is 0.104. The lowest BCUT2D eigenvalue weighted by Gasteiger charge is -2.11. The second-order valence-electron chi connectivity index (χ2n) is 3.82. The summed E-state index contributed by atoms with van der Waals surface area (Å²) in [5.74, 6) is 0.596. The van der Waals surface area contributed by atoms with Crippen LogP contribution < -0.4 is 4.74 Å². The maximum Gasteiger partial charge on any atom is 0.147 e. The fourth-order valence-electron chi connectivity index (χ4n) is 1.62. The summed E-state index contributed by atoms with van der Waals surface area (Å²) >= 11 is 3.34. The lowest BCUT2D eigenvalue weighted by molar-refractivity contribution is 0.258. The number of nitrogens with zero attached hydrogens (tertiary/aromatic N) is 2. The molecule has 19 heavy (non-hydrogen) atoms. The van der Waals surface area contributed by atoms with E-state index in [2.05, 4.69) is 20.9 Å². The summed E-state index contributed by atoms with van der Waals surface area (Å²) in [6.07, 6.45) is 1.57. The van der Waals surface area contributed by atoms with Gasteiger partial charge in [-0.2, -0.15) is 5.26 Å². The van der Waals surface area contributed by atoms with E-state index in [1.54, 1.807) is 30.5 Å². The quantitative estimate of drug-likeness (QED) is 0.941. The van der Waals surface area contributed by atoms with Gasteiger partial charge in [-0.05, 0) is 24.3 Å². The van der Waals surface area contributed by atoms with Crippen molar-refractivity contribution >= 4 is 15.9 Å². The molecule has 0 saturated heterocycles. The predicted molar refractivity (Wildman–Crippen MR) is 73.3 cm³/mol. The van der Waals surface area contributed by atoms with Crippen LogP contribution in [0.25, 0.3) is 0 Å². The Kier molecular flexibility index (Phi) is 4.50. The first-order chi connectivity index (χ1) is 9.24. The molecule has 5 heteroatoms. The molecule has 4 nitrogen and oxygen atoms in total. The molecule has 0 atom stereocenters. The van der Waals surface area contributed by atoms with Crippen molar-refractivity contribution in [2.24, 2.45) is 0 Å². The van der Waals surface area contributed by atoms with Crippen LogP contribution in [0.1, 0.15) is 16.8 Å². The van der Waals surface area contributed by atoms with E-state index in [-0.39, 0.29) is 13.2 Å². The zero-order valence-corrected chi connectivity index (χ0v) is 11.6. The van der Waals surface area contributed by atoms with E-state index in [0.29, 0.717) is 17.0 Å². The summed E-state index contributed by atoms with van der Waals surface area (Å²) in [4.78, 5) is 3.97. The van der Waals surface area contributed by atoms with Crippen molar-refractivity contribution in [1.82, 2.24) is 4.98 Å². The van der Waals surface area contributed by atoms with Crippen LogP contribution in [0.4, 0.5) is 0 Å². The maximum atomic E-state index is 9.28. The SMILES string of the molecule is N#Cc1ncccc1COc1ccc(Br)cc1CO. The molecule has 0 aliphatic heterocycles. The van der Waals surface area contributed by atoms with Crippen LogP contribution in [0.5, 0.6) is 5.75 Å². The number of aliphatic hydroxyl groups is 1. The minimum atomic E-state index is -0.104. The molecule has 0 bridgehead atoms. The monoisotopic (exact) mass is 318 g/mol. The zero-order valence-electron chi connectivity index (χ0n) is 10.0. The summed E-state index contributed by atoms with van der Waals surface area (Å²) in [6.45, 7) is 0.137. The number of hydrogen-bond donors (Lipinski definition) is 1. The van der Waals surface area contributed by atoms with Gasteiger partial charge in [-0.25, -0.2) is 4.98 Å². The third kappa shape index (κ3) is 3.31. The molecule has 0 amide bonds. The van der Waals surface area contributed by atoms with E-state index in [9.17, 15) is 5.11 Å². The van der Waals surface area contributed by atoms with Crippen molar-refractivity contribution < 1.29 is 9.84 Å². The minimum Gasteiger partial charge on any atom is -0.488 e. The highest BCUT2D eigenvalue weighted by molar-refractivity contribution is 9.10. The van der Waals surface area contributed by atoms with Crippen LogP contribution in [-0.4, -0.2) is 10.1 Å². The number of aliphatic hydroxyl groups excluding tert-OH is 1. The molecule has 2 aromatic rings. The van der Waals surface area contributed by atoms with Gasteiger partial charge >= 0.3 is 0 Å². The fraction of sp³-hybridized carbons (Fsp3) is 0.143. The molecule has 0 radical (unpaired) electrons. The Labute approximate surface area is 119 Å². The first-order valence-electron chi connectivity index (χ1n) is 5.60. The van der Waals surface area contributed by atoms with Crippen molar-refractivity contribution in [3.8, 4) is 11.8 Å². The Hall–Kier alpha value is -1.90. The van der Waals surface area contributed by atoms with Gasteiger partial charge in [0.25, 0.3) is 0 Å². The van der Waals surface area contributed by atoms with Gasteiger partial charge in [0.15, 0.2) is 0 Å². The number of ether oxygens (including phenoxy) is 1. The largest absolute Gasteiger partial charge is 0.488 e. The first kappa shape index (κ1) is 13.5. The van der Waals surface area contributed by atoms with Crippen LogP contribution in [-0.2, 0) is 13.2 Å². The Balaban J connectivity index is 2.17. The third-order valence-electron chi connectivity index (χ3n) is 2.57. The molecular formula is C14H11BrN2O2. The van der Waals surface area contributed by atoms with E-state index in [1.165, 1.54) is 0 Å². The van der Waals surface area contributed by atoms with E-state index >= 15 is 0 Å². The Morgan fingerprint density at radius 3 is 2.89 bits per heavy atom. The molecule has 1 heterocycles. The van der Waals surface area contributed by atoms with Crippen LogP contribution >= 0.6 is 15.9 Å². The highest BCUT2D eigenvalue weighted by atomic mass is 79.9. The average Bonchev–Trinajstić information content (AvgIpc) is 2.46. The summed E-state index contributed by atoms with van der Waals surface area (Å²) in [5, 5.41) is 18.2. The first-order valence-corrected chi connectivity index (χ1v) is 6.40. The van der Waals surface area contributed by atoms with E-state index in [1.807, 2.05) is 12.1 Å². The van der Waals surface area contributed by atoms with Crippen molar-refractivity contribution in [3.63, 3.8) is 0 Å². The molecule has 0 aliphatic carbocycles. The van der Waals surface area contributed by atoms with Gasteiger partial charge in [0.05, 0.1) is 6.61 Å². The molecule has 0 saturated carbocycles. The number of rotatable bonds is 4. The number of nitriles is 1. The normalized spacial score (nSPS) is 9.95. The molecule has 0 unspecified atom stereocenters. The summed E-state index contributed by atoms with van der Waals surface area (Å²) < 4.78 is 6.52. The van der Waals surface area contributed by atoms with Crippen LogP contribution in [0.3, 0.4) is 0 Å². The van der Waals surface area contributed by atoms with Crippen molar-refractivity contribution in [2.75, 3.05) is 0 Å². The van der Waals surface area contributed by atoms with Crippen LogP contribution in [0, 0.1) is 11.3 Å². The fourth-order valence-corrected chi connectivity index (χ4v) is 2.03. The molecule has 0 fully saturated rings. The second-order valence-corrected chi connectivity index (χ2v) is 4.74. The van der Waals surface area contributed by atoms with Gasteiger partial charge in [0.1, 0.15) is 24.1 Å². The highest BCUT2D eigenvalue weighted by Crippen LogP contribution is 2.24. The maximum absolute atomic E-state index is 9.28. The Morgan fingerprint density at radius 1 is 1.32 bits per heavy atom. The lowest BCUT2D eigenvalue weighted by atomic mass is 10.2. The molecule has 1 aromatic heterocycles. The van der Waals surface area contributed by atoms with Crippen LogP contribution in [0.2, 0.25) is 0 Å². The molecule has 0 aliphatic rings. The van der Waals surface area contributed by atoms with E-state index in [0.717, 1.165) is 10.0 Å². The summed E-state index contributed by atoms with van der Waals surface area (Å²) in [5.41, 5.74) is 1.76. The summed E-state index contributed by atoms with van der Waals surface area (Å²) in [7, 11) is 0. The third-order valence-corrected chi connectivity index (χ3v) is 3.07. The summed E-state index contributed by atoms with van der Waals surface area (Å²) in [6, 6.07) is 11.0. The standard InChI is InChI=1S/C14H11BrN2O2/c15-12-3-4-14(11(6-12)8-18)19-9-10-2-1-5-17-13(10)7-16/h1-6,18H,8-9H2. The predicted octanol–water partition coefficient (Wildman–Crippen LogP) is 2.79. The van der Waals surface area contributed by atoms with Gasteiger partial charge in [-0.1, -0.05) is 22.0 Å². The van der Waals surface area contributed by atoms with E-state index in [4.69, 9.17) is 10.00 Å². The number of pyridine rings is 1. The molecule has 1 aromatic carbocycles. The molecule has 1 N–H and O–H groups in total. The highest BCUT2D eigenvalue weighted by Gasteiger charge is 2.07. The van der Waals surface area contributed by atoms with Gasteiger partial charge in [0.2, 0.25) is 0 Å². The molecular weight excluding hydrogens is 308 g/mol. The number of benzene rings is 1. The van der Waals surface area contributed by atoms with Gasteiger partial charge < -0.3 is 9.84 Å². The van der Waals surface area contributed by atoms with Crippen molar-refractivity contribution in [1.29, 1.82) is 5.26 Å². The number of hydrogen-bond acceptors (Lipinski definition) is 4. The molecule has 0 spiro atoms. The zero-order chi connectivity index (χ0) is 13.7. The van der Waals surface area contributed by atoms with Gasteiger partial charge in [-0.3, -0.25) is 0 Å². The average molecular weight is 319 g/mol. The Bertz CT molecular complexity index is 623. The molecule has 96 valence electrons. The van der Waals surface area contributed by atoms with Crippen molar-refractivity contribution in [3.05, 3.63) is 57.8 Å².